The van der Waals surface area contributed by atoms with Gasteiger partial charge in [0.15, 0.2) is 0 Å². The van der Waals surface area contributed by atoms with Gasteiger partial charge in [0.25, 0.3) is 0 Å². The van der Waals surface area contributed by atoms with Gasteiger partial charge in [-0.1, -0.05) is 188 Å². The molecule has 3 N–H and O–H groups in total. The van der Waals surface area contributed by atoms with Crippen molar-refractivity contribution < 1.29 is 39.5 Å². The van der Waals surface area contributed by atoms with Crippen LogP contribution in [0.15, 0.2) is 81.4 Å². The minimum Gasteiger partial charge on any atom is -0.477 e. The molecule has 3 saturated carbocycles. The Morgan fingerprint density at radius 2 is 0.811 bits per heavy atom. The molecule has 590 valence electrons. The third-order valence-electron chi connectivity index (χ3n) is 22.9. The molecule has 0 spiro atoms. The van der Waals surface area contributed by atoms with Crippen LogP contribution >= 0.6 is 0 Å². The standard InChI is InChI=1S/C32H50N2O3S.C30H46N2O3S.C25H39N3O3S/c1-23-30(38(35,36)33-21-24-13-15-37-16-14-24)20-29(34(23)22-25-11-9-8-10-12-25)26-17-27(31(2,3)4)19-28(18-26)32(5,6)7;1-22-28(36(33,34)31-13-15-35-16-14-31)20-27(32(22)21-23-11-9-8-10-12-23)24-17-25(29(2,3)4)19-26(18-24)30(5,6)7;1-17(2)16-31-24-13-20(12-23(27-24)25(4,5)6)21-14-22(32(26,29)30)18(3)28(21)15-19-10-8-7-9-11-19/h17-20,24-25,33H,8-16,21-22H2,1-7H3;17-20,23H,8-16,21H2,1-7H3;12-14,17,19H,7-11,15-16H2,1-6H3,(H2,26,29,30). The summed E-state index contributed by atoms with van der Waals surface area (Å²) in [7, 11) is -11.0. The lowest BCUT2D eigenvalue weighted by Crippen LogP contribution is -2.40. The van der Waals surface area contributed by atoms with E-state index in [1.54, 1.807) is 10.4 Å². The number of hydrogen-bond donors (Lipinski definition) is 2. The van der Waals surface area contributed by atoms with Crippen molar-refractivity contribution in [3.63, 3.8) is 0 Å². The first kappa shape index (κ1) is 84.9. The third-order valence-corrected chi connectivity index (χ3v) is 27.5. The maximum Gasteiger partial charge on any atom is 0.245 e. The van der Waals surface area contributed by atoms with Crippen molar-refractivity contribution in [3.05, 3.63) is 112 Å². The molecule has 19 heteroatoms. The van der Waals surface area contributed by atoms with Crippen molar-refractivity contribution in [1.29, 1.82) is 0 Å². The zero-order chi connectivity index (χ0) is 77.7. The molecule has 5 aliphatic rings. The van der Waals surface area contributed by atoms with E-state index in [0.29, 0.717) is 104 Å². The Labute approximate surface area is 641 Å². The number of morpholine rings is 1. The maximum absolute atomic E-state index is 13.8. The summed E-state index contributed by atoms with van der Waals surface area (Å²) >= 11 is 0. The van der Waals surface area contributed by atoms with Gasteiger partial charge >= 0.3 is 0 Å². The van der Waals surface area contributed by atoms with E-state index in [9.17, 15) is 25.3 Å². The molecule has 6 aromatic rings. The van der Waals surface area contributed by atoms with Crippen LogP contribution in [0.4, 0.5) is 0 Å². The highest BCUT2D eigenvalue weighted by Gasteiger charge is 2.35. The molecule has 2 aliphatic heterocycles. The van der Waals surface area contributed by atoms with E-state index >= 15 is 0 Å². The fourth-order valence-corrected chi connectivity index (χ4v) is 19.6. The highest BCUT2D eigenvalue weighted by Crippen LogP contribution is 2.43. The Morgan fingerprint density at radius 3 is 1.19 bits per heavy atom. The average Bonchev–Trinajstić information content (AvgIpc) is 1.60. The van der Waals surface area contributed by atoms with Crippen molar-refractivity contribution in [2.45, 2.75) is 309 Å². The van der Waals surface area contributed by atoms with Gasteiger partial charge < -0.3 is 27.9 Å². The van der Waals surface area contributed by atoms with E-state index < -0.39 is 30.1 Å². The molecule has 0 amide bonds. The normalized spacial score (nSPS) is 18.0. The Kier molecular flexibility index (Phi) is 27.7. The Hall–Kier alpha value is -5.12. The molecular formula is C87H135N7O9S3. The summed E-state index contributed by atoms with van der Waals surface area (Å²) in [5.41, 5.74) is 14.3. The van der Waals surface area contributed by atoms with E-state index in [2.05, 4.69) is 179 Å². The number of nitrogens with one attached hydrogen (secondary N) is 1. The predicted octanol–water partition coefficient (Wildman–Crippen LogP) is 19.4. The molecular weight excluding hydrogens is 1380 g/mol. The zero-order valence-corrected chi connectivity index (χ0v) is 71.2. The highest BCUT2D eigenvalue weighted by molar-refractivity contribution is 7.90. The van der Waals surface area contributed by atoms with Gasteiger partial charge in [-0.15, -0.1) is 0 Å². The van der Waals surface area contributed by atoms with Gasteiger partial charge in [0.05, 0.1) is 25.5 Å². The molecule has 16 nitrogen and oxygen atoms in total. The van der Waals surface area contributed by atoms with Crippen LogP contribution < -0.4 is 14.6 Å². The first-order chi connectivity index (χ1) is 49.4. The van der Waals surface area contributed by atoms with Gasteiger partial charge in [-0.05, 0) is 205 Å². The van der Waals surface area contributed by atoms with Crippen LogP contribution in [0.2, 0.25) is 0 Å². The number of primary sulfonamides is 1. The summed E-state index contributed by atoms with van der Waals surface area (Å²) in [6.45, 7) is 50.2. The minimum atomic E-state index is -3.82. The van der Waals surface area contributed by atoms with E-state index in [-0.39, 0.29) is 32.0 Å². The Morgan fingerprint density at radius 1 is 0.453 bits per heavy atom. The van der Waals surface area contributed by atoms with E-state index in [1.807, 2.05) is 39.0 Å². The molecule has 6 heterocycles. The van der Waals surface area contributed by atoms with E-state index in [1.165, 1.54) is 119 Å². The summed E-state index contributed by atoms with van der Waals surface area (Å²) in [6, 6.07) is 23.4. The number of benzene rings is 2. The summed E-state index contributed by atoms with van der Waals surface area (Å²) in [4.78, 5) is 5.82. The number of nitrogens with two attached hydrogens (primary N) is 1. The maximum atomic E-state index is 13.8. The first-order valence-electron chi connectivity index (χ1n) is 40.2. The van der Waals surface area contributed by atoms with Crippen molar-refractivity contribution in [2.24, 2.45) is 34.7 Å². The largest absolute Gasteiger partial charge is 0.477 e. The molecule has 106 heavy (non-hydrogen) atoms. The van der Waals surface area contributed by atoms with E-state index in [0.717, 1.165) is 83.3 Å². The van der Waals surface area contributed by atoms with Gasteiger partial charge in [0.2, 0.25) is 35.9 Å². The van der Waals surface area contributed by atoms with Crippen molar-refractivity contribution in [1.82, 2.24) is 27.7 Å². The van der Waals surface area contributed by atoms with Crippen LogP contribution in [0, 0.1) is 50.4 Å². The topological polar surface area (TPSA) is 199 Å². The molecule has 0 atom stereocenters. The summed E-state index contributed by atoms with van der Waals surface area (Å²) < 4.78 is 108. The molecule has 5 fully saturated rings. The van der Waals surface area contributed by atoms with Gasteiger partial charge in [0, 0.05) is 104 Å². The first-order valence-corrected chi connectivity index (χ1v) is 44.6. The number of sulfonamides is 3. The number of rotatable bonds is 19. The van der Waals surface area contributed by atoms with Crippen molar-refractivity contribution >= 4 is 30.1 Å². The summed E-state index contributed by atoms with van der Waals surface area (Å²) in [6.07, 6.45) is 20.5. The molecule has 4 aromatic heterocycles. The number of ether oxygens (including phenoxy) is 3. The lowest BCUT2D eigenvalue weighted by molar-refractivity contribution is 0.0678. The van der Waals surface area contributed by atoms with Crippen LogP contribution in [0.1, 0.15) is 272 Å². The zero-order valence-electron chi connectivity index (χ0n) is 68.7. The Balaban J connectivity index is 0.000000185. The lowest BCUT2D eigenvalue weighted by Gasteiger charge is -2.28. The van der Waals surface area contributed by atoms with E-state index in [4.69, 9.17) is 24.3 Å². The predicted molar refractivity (Wildman–Crippen MR) is 435 cm³/mol. The molecule has 2 saturated heterocycles. The van der Waals surface area contributed by atoms with Crippen LogP contribution in [0.3, 0.4) is 0 Å². The average molecular weight is 1520 g/mol. The number of aromatic nitrogens is 4. The second kappa shape index (κ2) is 34.6. The number of pyridine rings is 1. The van der Waals surface area contributed by atoms with Crippen LogP contribution in [-0.4, -0.2) is 101 Å². The second-order valence-electron chi connectivity index (χ2n) is 37.4. The molecule has 0 unspecified atom stereocenters. The Bertz CT molecular complexity index is 4220. The van der Waals surface area contributed by atoms with Crippen LogP contribution in [0.5, 0.6) is 5.88 Å². The fraction of sp³-hybridized carbons (Fsp3) is 0.667. The second-order valence-corrected chi connectivity index (χ2v) is 42.6. The third kappa shape index (κ3) is 21.9. The van der Waals surface area contributed by atoms with Crippen LogP contribution in [0.25, 0.3) is 33.8 Å². The van der Waals surface area contributed by atoms with Gasteiger partial charge in [-0.3, -0.25) is 0 Å². The fourth-order valence-electron chi connectivity index (χ4n) is 15.8. The molecule has 11 rings (SSSR count). The monoisotopic (exact) mass is 1520 g/mol. The number of nitrogens with zero attached hydrogens (tertiary/aromatic N) is 5. The van der Waals surface area contributed by atoms with Gasteiger partial charge in [-0.25, -0.2) is 40.1 Å². The SMILES string of the molecule is Cc1c(S(=O)(=O)N2CCOCC2)cc(-c2cc(C(C)(C)C)cc(C(C)(C)C)c2)n1CC1CCCCC1.Cc1c(S(=O)(=O)NCC2CCOCC2)cc(-c2cc(C(C)(C)C)cc(C(C)(C)C)c2)n1CC1CCCCC1.Cc1c(S(N)(=O)=O)cc(-c2cc(OCC(C)C)nc(C(C)(C)C)c2)n1CC1CCCCC1. The summed E-state index contributed by atoms with van der Waals surface area (Å²) in [5, 5.41) is 5.58. The highest BCUT2D eigenvalue weighted by atomic mass is 32.2. The van der Waals surface area contributed by atoms with Crippen molar-refractivity contribution in [3.8, 4) is 39.7 Å². The smallest absolute Gasteiger partial charge is 0.245 e. The lowest BCUT2D eigenvalue weighted by atomic mass is 9.79. The van der Waals surface area contributed by atoms with Gasteiger partial charge in [-0.2, -0.15) is 4.31 Å². The number of hydrogen-bond acceptors (Lipinski definition) is 10. The molecule has 0 bridgehead atoms. The van der Waals surface area contributed by atoms with Crippen molar-refractivity contribution in [2.75, 3.05) is 52.7 Å². The van der Waals surface area contributed by atoms with Gasteiger partial charge in [0.1, 0.15) is 14.7 Å². The van der Waals surface area contributed by atoms with Crippen LogP contribution in [-0.2, 0) is 86.3 Å². The molecule has 3 aliphatic carbocycles. The molecule has 0 radical (unpaired) electrons. The molecule has 2 aromatic carbocycles. The quantitative estimate of drug-likeness (QED) is 0.0786. The minimum absolute atomic E-state index is 0.00540. The summed E-state index contributed by atoms with van der Waals surface area (Å²) in [5.74, 6) is 3.01.